The molecule has 2 aromatic carbocycles. The number of ketones is 1. The van der Waals surface area contributed by atoms with Crippen LogP contribution in [0.25, 0.3) is 5.76 Å². The van der Waals surface area contributed by atoms with E-state index in [0.29, 0.717) is 27.6 Å². The molecule has 1 unspecified atom stereocenters. The number of hydrogen-bond acceptors (Lipinski definition) is 6. The Morgan fingerprint density at radius 2 is 1.83 bits per heavy atom. The smallest absolute Gasteiger partial charge is 0.295 e. The van der Waals surface area contributed by atoms with Gasteiger partial charge in [0.05, 0.1) is 32.4 Å². The number of halogens is 1. The Morgan fingerprint density at radius 1 is 1.10 bits per heavy atom. The number of aliphatic hydroxyl groups is 1. The van der Waals surface area contributed by atoms with Gasteiger partial charge >= 0.3 is 0 Å². The molecule has 0 aliphatic carbocycles. The van der Waals surface area contributed by atoms with Crippen molar-refractivity contribution in [3.8, 4) is 11.5 Å². The zero-order chi connectivity index (χ0) is 21.8. The van der Waals surface area contributed by atoms with E-state index < -0.39 is 17.7 Å². The van der Waals surface area contributed by atoms with Crippen molar-refractivity contribution in [1.29, 1.82) is 0 Å². The predicted molar refractivity (Wildman–Crippen MR) is 112 cm³/mol. The largest absolute Gasteiger partial charge is 0.507 e. The van der Waals surface area contributed by atoms with E-state index >= 15 is 0 Å². The van der Waals surface area contributed by atoms with Crippen LogP contribution in [-0.2, 0) is 14.3 Å². The Balaban J connectivity index is 2.26. The number of carbonyl (C=O) groups excluding carboxylic acids is 2. The van der Waals surface area contributed by atoms with Crippen molar-refractivity contribution in [2.45, 2.75) is 6.04 Å². The summed E-state index contributed by atoms with van der Waals surface area (Å²) in [6, 6.07) is 10.7. The van der Waals surface area contributed by atoms with Crippen molar-refractivity contribution in [2.75, 3.05) is 34.5 Å². The molecule has 1 aliphatic rings. The fraction of sp³-hybridized carbons (Fsp3) is 0.273. The van der Waals surface area contributed by atoms with E-state index in [-0.39, 0.29) is 24.5 Å². The highest BCUT2D eigenvalue weighted by Crippen LogP contribution is 2.45. The molecule has 1 saturated heterocycles. The summed E-state index contributed by atoms with van der Waals surface area (Å²) in [5.74, 6) is -1.03. The lowest BCUT2D eigenvalue weighted by Gasteiger charge is -2.27. The van der Waals surface area contributed by atoms with Gasteiger partial charge in [-0.25, -0.2) is 0 Å². The normalized spacial score (nSPS) is 18.0. The summed E-state index contributed by atoms with van der Waals surface area (Å²) >= 11 is 6.05. The summed E-state index contributed by atoms with van der Waals surface area (Å²) in [4.78, 5) is 27.2. The molecule has 8 heteroatoms. The van der Waals surface area contributed by atoms with Gasteiger partial charge in [-0.2, -0.15) is 0 Å². The van der Waals surface area contributed by atoms with Crippen LogP contribution < -0.4 is 9.47 Å². The minimum absolute atomic E-state index is 0.0510. The fourth-order valence-corrected chi connectivity index (χ4v) is 3.73. The minimum atomic E-state index is -0.885. The standard InChI is InChI=1S/C22H22ClNO6/c1-28-11-10-24-18(15-8-5-9-16(29-2)21(15)30-3)17(20(26)22(24)27)19(25)13-6-4-7-14(23)12-13/h4-9,12,18,25H,10-11H2,1-3H3/b19-17+. The van der Waals surface area contributed by atoms with E-state index in [4.69, 9.17) is 25.8 Å². The number of para-hydroxylation sites is 1. The van der Waals surface area contributed by atoms with Crippen molar-refractivity contribution in [3.63, 3.8) is 0 Å². The number of nitrogens with zero attached hydrogens (tertiary/aromatic N) is 1. The summed E-state index contributed by atoms with van der Waals surface area (Å²) in [7, 11) is 4.47. The molecule has 7 nitrogen and oxygen atoms in total. The maximum absolute atomic E-state index is 13.0. The number of aliphatic hydroxyl groups excluding tert-OH is 1. The van der Waals surface area contributed by atoms with Crippen molar-refractivity contribution < 1.29 is 28.9 Å². The maximum Gasteiger partial charge on any atom is 0.295 e. The van der Waals surface area contributed by atoms with Crippen LogP contribution in [0.5, 0.6) is 11.5 Å². The van der Waals surface area contributed by atoms with Gasteiger partial charge in [0, 0.05) is 29.8 Å². The molecule has 0 bridgehead atoms. The van der Waals surface area contributed by atoms with Crippen LogP contribution in [0.2, 0.25) is 5.02 Å². The quantitative estimate of drug-likeness (QED) is 0.410. The maximum atomic E-state index is 13.0. The summed E-state index contributed by atoms with van der Waals surface area (Å²) in [6.07, 6.45) is 0. The summed E-state index contributed by atoms with van der Waals surface area (Å²) in [5.41, 5.74) is 0.791. The first-order chi connectivity index (χ1) is 14.4. The zero-order valence-corrected chi connectivity index (χ0v) is 17.6. The Kier molecular flexibility index (Phi) is 6.64. The van der Waals surface area contributed by atoms with Gasteiger partial charge < -0.3 is 24.2 Å². The van der Waals surface area contributed by atoms with Crippen LogP contribution in [0, 0.1) is 0 Å². The number of ether oxygens (including phenoxy) is 3. The van der Waals surface area contributed by atoms with Crippen molar-refractivity contribution >= 4 is 29.1 Å². The molecule has 1 fully saturated rings. The first-order valence-corrected chi connectivity index (χ1v) is 9.56. The number of hydrogen-bond donors (Lipinski definition) is 1. The molecule has 2 aromatic rings. The second kappa shape index (κ2) is 9.19. The fourth-order valence-electron chi connectivity index (χ4n) is 3.54. The Morgan fingerprint density at radius 3 is 2.47 bits per heavy atom. The monoisotopic (exact) mass is 431 g/mol. The third kappa shape index (κ3) is 3.86. The molecule has 0 aromatic heterocycles. The lowest BCUT2D eigenvalue weighted by atomic mass is 9.94. The molecule has 30 heavy (non-hydrogen) atoms. The highest BCUT2D eigenvalue weighted by molar-refractivity contribution is 6.46. The van der Waals surface area contributed by atoms with Crippen LogP contribution in [0.4, 0.5) is 0 Å². The van der Waals surface area contributed by atoms with Gasteiger partial charge in [-0.1, -0.05) is 35.9 Å². The number of benzene rings is 2. The molecular weight excluding hydrogens is 410 g/mol. The number of rotatable bonds is 7. The van der Waals surface area contributed by atoms with Gasteiger partial charge in [0.15, 0.2) is 11.5 Å². The van der Waals surface area contributed by atoms with Crippen LogP contribution in [0.3, 0.4) is 0 Å². The third-order valence-electron chi connectivity index (χ3n) is 4.90. The van der Waals surface area contributed by atoms with Gasteiger partial charge in [0.2, 0.25) is 0 Å². The van der Waals surface area contributed by atoms with E-state index in [9.17, 15) is 14.7 Å². The van der Waals surface area contributed by atoms with E-state index in [1.54, 1.807) is 36.4 Å². The summed E-state index contributed by atoms with van der Waals surface area (Å²) in [6.45, 7) is 0.367. The third-order valence-corrected chi connectivity index (χ3v) is 5.14. The van der Waals surface area contributed by atoms with Gasteiger partial charge in [0.25, 0.3) is 11.7 Å². The van der Waals surface area contributed by atoms with Gasteiger partial charge in [-0.05, 0) is 18.2 Å². The van der Waals surface area contributed by atoms with Gasteiger partial charge in [-0.3, -0.25) is 9.59 Å². The molecule has 0 radical (unpaired) electrons. The first kappa shape index (κ1) is 21.7. The molecule has 1 aliphatic heterocycles. The average Bonchev–Trinajstić information content (AvgIpc) is 3.01. The van der Waals surface area contributed by atoms with E-state index in [0.717, 1.165) is 0 Å². The van der Waals surface area contributed by atoms with Crippen molar-refractivity contribution in [3.05, 3.63) is 64.2 Å². The molecule has 1 atom stereocenters. The van der Waals surface area contributed by atoms with Gasteiger partial charge in [-0.15, -0.1) is 0 Å². The summed E-state index contributed by atoms with van der Waals surface area (Å²) < 4.78 is 16.0. The van der Waals surface area contributed by atoms with Crippen LogP contribution in [0.1, 0.15) is 17.2 Å². The van der Waals surface area contributed by atoms with Gasteiger partial charge in [0.1, 0.15) is 5.76 Å². The van der Waals surface area contributed by atoms with Crippen LogP contribution >= 0.6 is 11.6 Å². The lowest BCUT2D eigenvalue weighted by Crippen LogP contribution is -2.32. The van der Waals surface area contributed by atoms with E-state index in [2.05, 4.69) is 0 Å². The number of methoxy groups -OCH3 is 3. The van der Waals surface area contributed by atoms with Crippen molar-refractivity contribution in [1.82, 2.24) is 4.90 Å². The zero-order valence-electron chi connectivity index (χ0n) is 16.8. The molecule has 1 N–H and O–H groups in total. The first-order valence-electron chi connectivity index (χ1n) is 9.18. The molecule has 1 heterocycles. The van der Waals surface area contributed by atoms with Crippen LogP contribution in [0.15, 0.2) is 48.0 Å². The highest BCUT2D eigenvalue weighted by atomic mass is 35.5. The predicted octanol–water partition coefficient (Wildman–Crippen LogP) is 3.43. The van der Waals surface area contributed by atoms with Crippen LogP contribution in [-0.4, -0.2) is 56.2 Å². The molecule has 0 saturated carbocycles. The number of likely N-dealkylation sites (tertiary alicyclic amines) is 1. The number of carbonyl (C=O) groups is 2. The number of Topliss-reactive ketones (excluding diaryl/α,β-unsaturated/α-hetero) is 1. The lowest BCUT2D eigenvalue weighted by molar-refractivity contribution is -0.140. The Labute approximate surface area is 179 Å². The number of amides is 1. The summed E-state index contributed by atoms with van der Waals surface area (Å²) in [5, 5.41) is 11.4. The highest BCUT2D eigenvalue weighted by Gasteiger charge is 2.47. The van der Waals surface area contributed by atoms with Crippen molar-refractivity contribution in [2.24, 2.45) is 0 Å². The second-order valence-electron chi connectivity index (χ2n) is 6.58. The molecule has 0 spiro atoms. The Hall–Kier alpha value is -3.03. The SMILES string of the molecule is COCCN1C(=O)C(=O)/C(=C(/O)c2cccc(Cl)c2)C1c1cccc(OC)c1OC. The van der Waals surface area contributed by atoms with E-state index in [1.165, 1.54) is 32.3 Å². The Bertz CT molecular complexity index is 1000. The average molecular weight is 432 g/mol. The molecule has 158 valence electrons. The second-order valence-corrected chi connectivity index (χ2v) is 7.01. The molecule has 3 rings (SSSR count). The topological polar surface area (TPSA) is 85.3 Å². The minimum Gasteiger partial charge on any atom is -0.507 e. The molecule has 1 amide bonds. The van der Waals surface area contributed by atoms with E-state index in [1.807, 2.05) is 0 Å². The molecular formula is C22H22ClNO6.